The molecule has 2 nitrogen and oxygen atoms in total. The van der Waals surface area contributed by atoms with Crippen LogP contribution in [0.3, 0.4) is 0 Å². The molecule has 0 unspecified atom stereocenters. The summed E-state index contributed by atoms with van der Waals surface area (Å²) >= 11 is 5.14. The Kier molecular flexibility index (Phi) is 0.801. The van der Waals surface area contributed by atoms with Crippen LogP contribution in [-0.2, 0) is 0 Å². The van der Waals surface area contributed by atoms with Gasteiger partial charge in [-0.25, -0.2) is 4.98 Å². The van der Waals surface area contributed by atoms with E-state index in [2.05, 4.69) is 22.0 Å². The van der Waals surface area contributed by atoms with Crippen molar-refractivity contribution in [3.8, 4) is 0 Å². The van der Waals surface area contributed by atoms with Crippen LogP contribution in [0.2, 0.25) is 5.22 Å². The van der Waals surface area contributed by atoms with E-state index in [9.17, 15) is 0 Å². The Labute approximate surface area is 39.7 Å². The first-order valence-corrected chi connectivity index (χ1v) is 1.67. The topological polar surface area (TPSA) is 26.0 Å². The van der Waals surface area contributed by atoms with Gasteiger partial charge in [0.25, 0.3) is 6.39 Å². The molecule has 0 aliphatic heterocycles. The number of aromatic nitrogens is 1. The standard InChI is InChI=1S/C3ClNO/c4-3-1-5-2-6-3. The lowest BCUT2D eigenvalue weighted by molar-refractivity contribution is 0.549. The Morgan fingerprint density at radius 2 is 2.67 bits per heavy atom. The Morgan fingerprint density at radius 3 is 2.83 bits per heavy atom. The first kappa shape index (κ1) is 3.68. The lowest BCUT2D eigenvalue weighted by Crippen LogP contribution is -1.44. The molecule has 0 amide bonds. The molecule has 0 saturated carbocycles. The predicted molar refractivity (Wildman–Crippen MR) is 19.2 cm³/mol. The van der Waals surface area contributed by atoms with Crippen LogP contribution in [0, 0.1) is 12.6 Å². The summed E-state index contributed by atoms with van der Waals surface area (Å²) in [6, 6.07) is 0. The Hall–Kier alpha value is -0.500. The molecule has 1 aromatic rings. The summed E-state index contributed by atoms with van der Waals surface area (Å²) in [7, 11) is 0. The van der Waals surface area contributed by atoms with Crippen molar-refractivity contribution < 1.29 is 4.42 Å². The Bertz CT molecular complexity index is 114. The zero-order valence-corrected chi connectivity index (χ0v) is 3.49. The lowest BCUT2D eigenvalue weighted by atomic mass is 11.0. The average molecular weight is 101 g/mol. The van der Waals surface area contributed by atoms with Crippen LogP contribution in [0.1, 0.15) is 0 Å². The minimum atomic E-state index is 0.148. The molecule has 0 aromatic carbocycles. The van der Waals surface area contributed by atoms with E-state index in [-0.39, 0.29) is 5.22 Å². The van der Waals surface area contributed by atoms with Gasteiger partial charge < -0.3 is 4.42 Å². The molecule has 0 atom stereocenters. The van der Waals surface area contributed by atoms with Gasteiger partial charge in [0.15, 0.2) is 6.20 Å². The number of rotatable bonds is 0. The summed E-state index contributed by atoms with van der Waals surface area (Å²) < 4.78 is 4.31. The number of halogens is 1. The summed E-state index contributed by atoms with van der Waals surface area (Å²) in [6.07, 6.45) is 4.41. The zero-order valence-electron chi connectivity index (χ0n) is 2.73. The van der Waals surface area contributed by atoms with Gasteiger partial charge in [0, 0.05) is 0 Å². The maximum Gasteiger partial charge on any atom is 0.285 e. The van der Waals surface area contributed by atoms with Gasteiger partial charge in [-0.15, -0.1) is 0 Å². The normalized spacial score (nSPS) is 8.83. The molecule has 0 aliphatic carbocycles. The Morgan fingerprint density at radius 1 is 1.83 bits per heavy atom. The summed E-state index contributed by atoms with van der Waals surface area (Å²) in [5.41, 5.74) is 0. The van der Waals surface area contributed by atoms with Crippen molar-refractivity contribution >= 4 is 11.6 Å². The van der Waals surface area contributed by atoms with E-state index >= 15 is 0 Å². The van der Waals surface area contributed by atoms with Crippen molar-refractivity contribution in [1.82, 2.24) is 4.98 Å². The highest BCUT2D eigenvalue weighted by Gasteiger charge is 1.84. The van der Waals surface area contributed by atoms with Crippen LogP contribution in [0.15, 0.2) is 4.42 Å². The number of hydrogen-bond acceptors (Lipinski definition) is 2. The summed E-state index contributed by atoms with van der Waals surface area (Å²) in [5, 5.41) is 0.148. The molecule has 0 N–H and O–H groups in total. The Balaban J connectivity index is 3.05. The molecule has 0 fully saturated rings. The van der Waals surface area contributed by atoms with Crippen LogP contribution in [0.25, 0.3) is 0 Å². The minimum Gasteiger partial charge on any atom is -0.420 e. The van der Waals surface area contributed by atoms with Crippen molar-refractivity contribution in [2.45, 2.75) is 0 Å². The molecule has 30 valence electrons. The van der Waals surface area contributed by atoms with E-state index in [0.717, 1.165) is 0 Å². The highest BCUT2D eigenvalue weighted by molar-refractivity contribution is 6.28. The van der Waals surface area contributed by atoms with Crippen LogP contribution in [-0.4, -0.2) is 4.98 Å². The maximum absolute atomic E-state index is 5.14. The molecule has 1 heterocycles. The van der Waals surface area contributed by atoms with Crippen molar-refractivity contribution in [3.63, 3.8) is 0 Å². The zero-order chi connectivity index (χ0) is 4.41. The molecule has 1 aromatic heterocycles. The van der Waals surface area contributed by atoms with Crippen molar-refractivity contribution in [2.75, 3.05) is 0 Å². The third-order valence-corrected chi connectivity index (χ3v) is 0.486. The van der Waals surface area contributed by atoms with E-state index in [1.54, 1.807) is 0 Å². The number of oxazole rings is 1. The predicted octanol–water partition coefficient (Wildman–Crippen LogP) is 0.928. The summed E-state index contributed by atoms with van der Waals surface area (Å²) in [5.74, 6) is 0. The fraction of sp³-hybridized carbons (Fsp3) is 0. The van der Waals surface area contributed by atoms with Crippen LogP contribution in [0.4, 0.5) is 0 Å². The van der Waals surface area contributed by atoms with Crippen LogP contribution < -0.4 is 0 Å². The van der Waals surface area contributed by atoms with Crippen LogP contribution >= 0.6 is 11.6 Å². The van der Waals surface area contributed by atoms with Gasteiger partial charge in [-0.2, -0.15) is 0 Å². The fourth-order valence-corrected chi connectivity index (χ4v) is 0.229. The lowest BCUT2D eigenvalue weighted by Gasteiger charge is -1.60. The third kappa shape index (κ3) is 0.518. The van der Waals surface area contributed by atoms with Gasteiger partial charge in [0.05, 0.1) is 0 Å². The highest BCUT2D eigenvalue weighted by Crippen LogP contribution is 2.00. The quantitative estimate of drug-likeness (QED) is 0.486. The molecular formula is C3ClNO. The van der Waals surface area contributed by atoms with E-state index in [4.69, 9.17) is 11.6 Å². The summed E-state index contributed by atoms with van der Waals surface area (Å²) in [6.45, 7) is 0. The molecule has 0 saturated heterocycles. The van der Waals surface area contributed by atoms with Crippen LogP contribution in [0.5, 0.6) is 0 Å². The molecule has 2 radical (unpaired) electrons. The maximum atomic E-state index is 5.14. The van der Waals surface area contributed by atoms with E-state index < -0.39 is 0 Å². The van der Waals surface area contributed by atoms with Crippen molar-refractivity contribution in [3.05, 3.63) is 17.8 Å². The molecule has 0 bridgehead atoms. The first-order chi connectivity index (χ1) is 2.89. The van der Waals surface area contributed by atoms with Crippen molar-refractivity contribution in [2.24, 2.45) is 0 Å². The van der Waals surface area contributed by atoms with Gasteiger partial charge in [0.2, 0.25) is 5.22 Å². The van der Waals surface area contributed by atoms with E-state index in [0.29, 0.717) is 0 Å². The minimum absolute atomic E-state index is 0.148. The second kappa shape index (κ2) is 1.30. The smallest absolute Gasteiger partial charge is 0.285 e. The monoisotopic (exact) mass is 101 g/mol. The van der Waals surface area contributed by atoms with Crippen molar-refractivity contribution in [1.29, 1.82) is 0 Å². The van der Waals surface area contributed by atoms with E-state index in [1.807, 2.05) is 0 Å². The third-order valence-electron chi connectivity index (χ3n) is 0.325. The molecule has 0 spiro atoms. The molecular weight excluding hydrogens is 101 g/mol. The first-order valence-electron chi connectivity index (χ1n) is 1.29. The van der Waals surface area contributed by atoms with Gasteiger partial charge in [-0.3, -0.25) is 0 Å². The molecule has 3 heteroatoms. The highest BCUT2D eigenvalue weighted by atomic mass is 35.5. The van der Waals surface area contributed by atoms with E-state index in [1.165, 1.54) is 0 Å². The number of nitrogens with zero attached hydrogens (tertiary/aromatic N) is 1. The molecule has 1 rings (SSSR count). The van der Waals surface area contributed by atoms with Gasteiger partial charge >= 0.3 is 0 Å². The van der Waals surface area contributed by atoms with Gasteiger partial charge in [-0.05, 0) is 11.6 Å². The molecule has 6 heavy (non-hydrogen) atoms. The second-order valence-corrected chi connectivity index (χ2v) is 1.03. The van der Waals surface area contributed by atoms with Gasteiger partial charge in [0.1, 0.15) is 0 Å². The average Bonchev–Trinajstić information content (AvgIpc) is 1.86. The second-order valence-electron chi connectivity index (χ2n) is 0.691. The number of hydrogen-bond donors (Lipinski definition) is 0. The van der Waals surface area contributed by atoms with Gasteiger partial charge in [-0.1, -0.05) is 0 Å². The SMILES string of the molecule is Clc1[c]n[c]o1. The largest absolute Gasteiger partial charge is 0.420 e. The molecule has 0 aliphatic rings. The summed E-state index contributed by atoms with van der Waals surface area (Å²) in [4.78, 5) is 3.27. The fourth-order valence-electron chi connectivity index (χ4n) is 0.152.